The summed E-state index contributed by atoms with van der Waals surface area (Å²) in [4.78, 5) is 0. The van der Waals surface area contributed by atoms with Crippen LogP contribution in [0, 0.1) is 0 Å². The molecule has 3 nitrogen and oxygen atoms in total. The van der Waals surface area contributed by atoms with E-state index in [1.165, 1.54) is 35.7 Å². The molecule has 1 atom stereocenters. The number of fused-ring (bicyclic) bond motifs is 1. The van der Waals surface area contributed by atoms with Crippen molar-refractivity contribution in [1.82, 2.24) is 9.88 Å². The number of aromatic nitrogens is 1. The van der Waals surface area contributed by atoms with E-state index in [0.29, 0.717) is 6.04 Å². The summed E-state index contributed by atoms with van der Waals surface area (Å²) in [6.45, 7) is 1.13. The Morgan fingerprint density at radius 3 is 2.94 bits per heavy atom. The molecule has 1 fully saturated rings. The fraction of sp³-hybridized carbons (Fsp3) is 0.467. The minimum Gasteiger partial charge on any atom is -0.497 e. The maximum Gasteiger partial charge on any atom is 0.119 e. The van der Waals surface area contributed by atoms with Crippen molar-refractivity contribution in [3.63, 3.8) is 0 Å². The van der Waals surface area contributed by atoms with Gasteiger partial charge in [-0.25, -0.2) is 0 Å². The quantitative estimate of drug-likeness (QED) is 0.879. The summed E-state index contributed by atoms with van der Waals surface area (Å²) in [7, 11) is 3.84. The number of methoxy groups -OCH3 is 1. The summed E-state index contributed by atoms with van der Waals surface area (Å²) in [5.74, 6) is 0.936. The third-order valence-corrected chi connectivity index (χ3v) is 3.91. The van der Waals surface area contributed by atoms with E-state index in [-0.39, 0.29) is 0 Å². The maximum atomic E-state index is 5.34. The fourth-order valence-corrected chi connectivity index (χ4v) is 2.92. The molecule has 3 heteroatoms. The highest BCUT2D eigenvalue weighted by Gasteiger charge is 2.19. The van der Waals surface area contributed by atoms with Crippen molar-refractivity contribution >= 4 is 10.9 Å². The van der Waals surface area contributed by atoms with Gasteiger partial charge in [-0.15, -0.1) is 0 Å². The van der Waals surface area contributed by atoms with E-state index in [1.807, 2.05) is 6.07 Å². The topological polar surface area (TPSA) is 26.2 Å². The van der Waals surface area contributed by atoms with Gasteiger partial charge in [0.1, 0.15) is 5.75 Å². The van der Waals surface area contributed by atoms with Crippen LogP contribution in [0.25, 0.3) is 10.9 Å². The Balaban J connectivity index is 2.09. The molecule has 1 aliphatic rings. The number of hydrogen-bond acceptors (Lipinski definition) is 2. The van der Waals surface area contributed by atoms with Gasteiger partial charge in [0.05, 0.1) is 7.11 Å². The molecule has 1 unspecified atom stereocenters. The minimum atomic E-state index is 0.495. The lowest BCUT2D eigenvalue weighted by atomic mass is 9.97. The molecule has 0 amide bonds. The molecule has 0 aliphatic carbocycles. The summed E-state index contributed by atoms with van der Waals surface area (Å²) in [6, 6.07) is 6.82. The van der Waals surface area contributed by atoms with E-state index in [9.17, 15) is 0 Å². The van der Waals surface area contributed by atoms with E-state index < -0.39 is 0 Å². The van der Waals surface area contributed by atoms with Crippen LogP contribution in [0.15, 0.2) is 24.4 Å². The standard InChI is InChI=1S/C15H20N2O/c1-17-10-13(14-5-3-4-8-16-14)12-9-11(18-2)6-7-15(12)17/h6-7,9-10,14,16H,3-5,8H2,1-2H3. The average molecular weight is 244 g/mol. The summed E-state index contributed by atoms with van der Waals surface area (Å²) in [5.41, 5.74) is 2.68. The van der Waals surface area contributed by atoms with E-state index in [1.54, 1.807) is 7.11 Å². The van der Waals surface area contributed by atoms with E-state index in [2.05, 4.69) is 35.3 Å². The van der Waals surface area contributed by atoms with Crippen molar-refractivity contribution in [2.75, 3.05) is 13.7 Å². The van der Waals surface area contributed by atoms with Crippen LogP contribution in [0.1, 0.15) is 30.9 Å². The SMILES string of the molecule is COc1ccc2c(c1)c(C1CCCCN1)cn2C. The fourth-order valence-electron chi connectivity index (χ4n) is 2.92. The second-order valence-corrected chi connectivity index (χ2v) is 5.08. The lowest BCUT2D eigenvalue weighted by Gasteiger charge is -2.23. The summed E-state index contributed by atoms with van der Waals surface area (Å²) >= 11 is 0. The second-order valence-electron chi connectivity index (χ2n) is 5.08. The van der Waals surface area contributed by atoms with Gasteiger partial charge in [0.15, 0.2) is 0 Å². The van der Waals surface area contributed by atoms with Gasteiger partial charge >= 0.3 is 0 Å². The Morgan fingerprint density at radius 1 is 1.33 bits per heavy atom. The predicted octanol–water partition coefficient (Wildman–Crippen LogP) is 3.00. The molecular formula is C15H20N2O. The number of ether oxygens (including phenoxy) is 1. The van der Waals surface area contributed by atoms with Crippen LogP contribution < -0.4 is 10.1 Å². The normalized spacial score (nSPS) is 20.2. The molecule has 0 bridgehead atoms. The first-order valence-electron chi connectivity index (χ1n) is 6.66. The zero-order chi connectivity index (χ0) is 12.5. The van der Waals surface area contributed by atoms with Crippen LogP contribution in [0.5, 0.6) is 5.75 Å². The zero-order valence-corrected chi connectivity index (χ0v) is 11.1. The summed E-state index contributed by atoms with van der Waals surface area (Å²) in [5, 5.41) is 4.94. The first kappa shape index (κ1) is 11.6. The van der Waals surface area contributed by atoms with Crippen molar-refractivity contribution in [3.8, 4) is 5.75 Å². The molecule has 1 saturated heterocycles. The van der Waals surface area contributed by atoms with Crippen molar-refractivity contribution < 1.29 is 4.74 Å². The molecule has 2 aromatic rings. The maximum absolute atomic E-state index is 5.34. The largest absolute Gasteiger partial charge is 0.497 e. The first-order chi connectivity index (χ1) is 8.79. The molecule has 18 heavy (non-hydrogen) atoms. The van der Waals surface area contributed by atoms with E-state index in [4.69, 9.17) is 4.74 Å². The Kier molecular flexibility index (Phi) is 3.00. The molecule has 1 aromatic carbocycles. The molecule has 0 saturated carbocycles. The highest BCUT2D eigenvalue weighted by molar-refractivity contribution is 5.85. The van der Waals surface area contributed by atoms with Crippen LogP contribution in [-0.2, 0) is 7.05 Å². The van der Waals surface area contributed by atoms with Crippen LogP contribution in [0.2, 0.25) is 0 Å². The van der Waals surface area contributed by atoms with Gasteiger partial charge in [-0.2, -0.15) is 0 Å². The number of benzene rings is 1. The van der Waals surface area contributed by atoms with Crippen molar-refractivity contribution in [2.45, 2.75) is 25.3 Å². The van der Waals surface area contributed by atoms with Crippen molar-refractivity contribution in [1.29, 1.82) is 0 Å². The first-order valence-corrected chi connectivity index (χ1v) is 6.66. The zero-order valence-electron chi connectivity index (χ0n) is 11.1. The molecular weight excluding hydrogens is 224 g/mol. The Bertz CT molecular complexity index is 553. The number of nitrogens with one attached hydrogen (secondary N) is 1. The molecule has 1 aromatic heterocycles. The highest BCUT2D eigenvalue weighted by Crippen LogP contribution is 2.32. The van der Waals surface area contributed by atoms with Gasteiger partial charge in [0.2, 0.25) is 0 Å². The third-order valence-electron chi connectivity index (χ3n) is 3.91. The van der Waals surface area contributed by atoms with E-state index in [0.717, 1.165) is 12.3 Å². The number of piperidine rings is 1. The minimum absolute atomic E-state index is 0.495. The van der Waals surface area contributed by atoms with Crippen LogP contribution >= 0.6 is 0 Å². The molecule has 96 valence electrons. The lowest BCUT2D eigenvalue weighted by Crippen LogP contribution is -2.26. The number of rotatable bonds is 2. The number of nitrogens with zero attached hydrogens (tertiary/aromatic N) is 1. The van der Waals surface area contributed by atoms with Crippen molar-refractivity contribution in [3.05, 3.63) is 30.0 Å². The van der Waals surface area contributed by atoms with Gasteiger partial charge in [0.25, 0.3) is 0 Å². The van der Waals surface area contributed by atoms with E-state index >= 15 is 0 Å². The summed E-state index contributed by atoms with van der Waals surface area (Å²) in [6.07, 6.45) is 6.10. The Labute approximate surface area is 108 Å². The molecule has 0 radical (unpaired) electrons. The molecule has 2 heterocycles. The monoisotopic (exact) mass is 244 g/mol. The van der Waals surface area contributed by atoms with Gasteiger partial charge in [-0.1, -0.05) is 6.42 Å². The van der Waals surface area contributed by atoms with Gasteiger partial charge in [-0.3, -0.25) is 0 Å². The van der Waals surface area contributed by atoms with Crippen LogP contribution in [0.4, 0.5) is 0 Å². The Morgan fingerprint density at radius 2 is 2.22 bits per heavy atom. The average Bonchev–Trinajstić information content (AvgIpc) is 2.76. The van der Waals surface area contributed by atoms with Gasteiger partial charge in [0, 0.05) is 30.2 Å². The smallest absolute Gasteiger partial charge is 0.119 e. The number of aryl methyl sites for hydroxylation is 1. The predicted molar refractivity (Wildman–Crippen MR) is 74.1 cm³/mol. The second kappa shape index (κ2) is 4.65. The molecule has 3 rings (SSSR count). The molecule has 1 N–H and O–H groups in total. The molecule has 0 spiro atoms. The van der Waals surface area contributed by atoms with Crippen molar-refractivity contribution in [2.24, 2.45) is 7.05 Å². The highest BCUT2D eigenvalue weighted by atomic mass is 16.5. The number of hydrogen-bond donors (Lipinski definition) is 1. The lowest BCUT2D eigenvalue weighted by molar-refractivity contribution is 0.412. The van der Waals surface area contributed by atoms with Gasteiger partial charge < -0.3 is 14.6 Å². The van der Waals surface area contributed by atoms with Crippen LogP contribution in [-0.4, -0.2) is 18.2 Å². The molecule has 1 aliphatic heterocycles. The van der Waals surface area contributed by atoms with Crippen LogP contribution in [0.3, 0.4) is 0 Å². The van der Waals surface area contributed by atoms with Gasteiger partial charge in [-0.05, 0) is 43.1 Å². The Hall–Kier alpha value is -1.48. The third kappa shape index (κ3) is 1.89. The summed E-state index contributed by atoms with van der Waals surface area (Å²) < 4.78 is 7.55.